The summed E-state index contributed by atoms with van der Waals surface area (Å²) in [5.41, 5.74) is 3.09. The van der Waals surface area contributed by atoms with Gasteiger partial charge in [0.25, 0.3) is 5.56 Å². The molecular weight excluding hydrogens is 442 g/mol. The maximum Gasteiger partial charge on any atom is 0.258 e. The second-order valence-electron chi connectivity index (χ2n) is 10.2. The van der Waals surface area contributed by atoms with Crippen LogP contribution in [-0.2, 0) is 16.6 Å². The molecule has 2 aromatic carbocycles. The van der Waals surface area contributed by atoms with Crippen molar-refractivity contribution in [2.24, 2.45) is 0 Å². The molecule has 1 aliphatic carbocycles. The zero-order chi connectivity index (χ0) is 24.0. The van der Waals surface area contributed by atoms with E-state index in [1.807, 2.05) is 18.2 Å². The van der Waals surface area contributed by atoms with Gasteiger partial charge in [0.2, 0.25) is 5.91 Å². The van der Waals surface area contributed by atoms with E-state index >= 15 is 0 Å². The first-order chi connectivity index (χ1) is 17.0. The summed E-state index contributed by atoms with van der Waals surface area (Å²) >= 11 is 0. The van der Waals surface area contributed by atoms with Crippen LogP contribution in [0.15, 0.2) is 41.2 Å². The van der Waals surface area contributed by atoms with Crippen LogP contribution in [0.25, 0.3) is 10.9 Å². The molecule has 1 unspecified atom stereocenters. The highest BCUT2D eigenvalue weighted by atomic mass is 16.6. The molecule has 0 bridgehead atoms. The molecule has 35 heavy (non-hydrogen) atoms. The fourth-order valence-corrected chi connectivity index (χ4v) is 6.21. The lowest BCUT2D eigenvalue weighted by Gasteiger charge is -2.46. The molecule has 7 nitrogen and oxygen atoms in total. The van der Waals surface area contributed by atoms with E-state index < -0.39 is 0 Å². The normalized spacial score (nSPS) is 20.3. The second-order valence-corrected chi connectivity index (χ2v) is 10.2. The number of carbonyl (C=O) groups is 1. The van der Waals surface area contributed by atoms with Gasteiger partial charge in [-0.1, -0.05) is 25.0 Å². The van der Waals surface area contributed by atoms with Crippen molar-refractivity contribution in [2.45, 2.75) is 63.3 Å². The average Bonchev–Trinajstić information content (AvgIpc) is 3.35. The summed E-state index contributed by atoms with van der Waals surface area (Å²) in [7, 11) is 0. The van der Waals surface area contributed by atoms with Gasteiger partial charge in [0.1, 0.15) is 19.0 Å². The van der Waals surface area contributed by atoms with E-state index in [1.54, 1.807) is 6.07 Å². The van der Waals surface area contributed by atoms with Crippen LogP contribution >= 0.6 is 0 Å². The topological polar surface area (TPSA) is 84.5 Å². The van der Waals surface area contributed by atoms with E-state index in [9.17, 15) is 9.59 Å². The average molecular weight is 474 g/mol. The summed E-state index contributed by atoms with van der Waals surface area (Å²) in [6.45, 7) is 4.01. The van der Waals surface area contributed by atoms with E-state index in [1.165, 1.54) is 24.0 Å². The highest BCUT2D eigenvalue weighted by molar-refractivity contribution is 5.78. The SMILES string of the molecule is CC1c2cc3c(cc2C2(CCCC2)CN1C(=O)CCCc1nc2ccccc2c(=O)[nH]1)OCCO3. The van der Waals surface area contributed by atoms with Crippen molar-refractivity contribution in [3.8, 4) is 11.5 Å². The minimum absolute atomic E-state index is 0.00151. The number of aromatic amines is 1. The summed E-state index contributed by atoms with van der Waals surface area (Å²) in [5, 5.41) is 0.589. The van der Waals surface area contributed by atoms with Crippen LogP contribution in [0, 0.1) is 0 Å². The second kappa shape index (κ2) is 8.70. The lowest BCUT2D eigenvalue weighted by atomic mass is 9.71. The van der Waals surface area contributed by atoms with Crippen molar-refractivity contribution >= 4 is 16.8 Å². The standard InChI is InChI=1S/C28H31N3O4/c1-18-20-15-23-24(35-14-13-34-23)16-21(20)28(11-4-5-12-28)17-31(18)26(32)10-6-9-25-29-22-8-3-2-7-19(22)27(33)30-25/h2-3,7-8,15-16,18H,4-6,9-14,17H2,1H3,(H,29,30,33). The van der Waals surface area contributed by atoms with Crippen molar-refractivity contribution in [2.75, 3.05) is 19.8 Å². The predicted molar refractivity (Wildman–Crippen MR) is 133 cm³/mol. The van der Waals surface area contributed by atoms with Gasteiger partial charge in [-0.3, -0.25) is 9.59 Å². The number of carbonyl (C=O) groups excluding carboxylic acids is 1. The molecule has 0 radical (unpaired) electrons. The molecule has 1 amide bonds. The van der Waals surface area contributed by atoms with E-state index in [2.05, 4.69) is 33.9 Å². The number of amides is 1. The van der Waals surface area contributed by atoms with Gasteiger partial charge in [-0.05, 0) is 61.6 Å². The number of hydrogen-bond acceptors (Lipinski definition) is 5. The van der Waals surface area contributed by atoms with Gasteiger partial charge in [0, 0.05) is 24.8 Å². The number of aryl methyl sites for hydroxylation is 1. The minimum atomic E-state index is -0.129. The van der Waals surface area contributed by atoms with Crippen LogP contribution in [0.4, 0.5) is 0 Å². The Kier molecular flexibility index (Phi) is 5.50. The first kappa shape index (κ1) is 22.1. The number of H-pyrrole nitrogens is 1. The number of nitrogens with zero attached hydrogens (tertiary/aromatic N) is 2. The van der Waals surface area contributed by atoms with Crippen molar-refractivity contribution in [3.63, 3.8) is 0 Å². The summed E-state index contributed by atoms with van der Waals surface area (Å²) in [6.07, 6.45) is 6.20. The molecular formula is C28H31N3O4. The van der Waals surface area contributed by atoms with Gasteiger partial charge in [-0.25, -0.2) is 4.98 Å². The Balaban J connectivity index is 1.21. The van der Waals surface area contributed by atoms with E-state index in [-0.39, 0.29) is 22.9 Å². The molecule has 3 aromatic rings. The zero-order valence-electron chi connectivity index (χ0n) is 20.1. The molecule has 2 aliphatic heterocycles. The largest absolute Gasteiger partial charge is 0.486 e. The molecule has 1 saturated carbocycles. The molecule has 6 rings (SSSR count). The van der Waals surface area contributed by atoms with Crippen molar-refractivity contribution in [1.82, 2.24) is 14.9 Å². The Morgan fingerprint density at radius 3 is 2.69 bits per heavy atom. The van der Waals surface area contributed by atoms with Crippen LogP contribution < -0.4 is 15.0 Å². The fourth-order valence-electron chi connectivity index (χ4n) is 6.21. The van der Waals surface area contributed by atoms with Gasteiger partial charge in [-0.2, -0.15) is 0 Å². The lowest BCUT2D eigenvalue weighted by Crippen LogP contribution is -2.48. The Hall–Kier alpha value is -3.35. The molecule has 1 N–H and O–H groups in total. The number of benzene rings is 2. The van der Waals surface area contributed by atoms with Crippen molar-refractivity contribution < 1.29 is 14.3 Å². The first-order valence-electron chi connectivity index (χ1n) is 12.8. The maximum absolute atomic E-state index is 13.5. The first-order valence-corrected chi connectivity index (χ1v) is 12.8. The van der Waals surface area contributed by atoms with Crippen molar-refractivity contribution in [1.29, 1.82) is 0 Å². The minimum Gasteiger partial charge on any atom is -0.486 e. The number of aromatic nitrogens is 2. The van der Waals surface area contributed by atoms with E-state index in [4.69, 9.17) is 9.47 Å². The third kappa shape index (κ3) is 3.87. The summed E-state index contributed by atoms with van der Waals surface area (Å²) in [5.74, 6) is 2.42. The molecule has 1 aromatic heterocycles. The highest BCUT2D eigenvalue weighted by Crippen LogP contribution is 2.52. The Morgan fingerprint density at radius 2 is 1.89 bits per heavy atom. The summed E-state index contributed by atoms with van der Waals surface area (Å²) in [4.78, 5) is 35.4. The number of rotatable bonds is 4. The molecule has 7 heteroatoms. The fraction of sp³-hybridized carbons (Fsp3) is 0.464. The van der Waals surface area contributed by atoms with E-state index in [0.717, 1.165) is 30.9 Å². The summed E-state index contributed by atoms with van der Waals surface area (Å²) in [6, 6.07) is 11.6. The van der Waals surface area contributed by atoms with Gasteiger partial charge < -0.3 is 19.4 Å². The van der Waals surface area contributed by atoms with Crippen LogP contribution in [0.3, 0.4) is 0 Å². The predicted octanol–water partition coefficient (Wildman–Crippen LogP) is 4.43. The van der Waals surface area contributed by atoms with Gasteiger partial charge in [0.05, 0.1) is 16.9 Å². The number of nitrogens with one attached hydrogen (secondary N) is 1. The molecule has 182 valence electrons. The third-order valence-corrected chi connectivity index (χ3v) is 8.02. The third-order valence-electron chi connectivity index (χ3n) is 8.02. The van der Waals surface area contributed by atoms with Crippen LogP contribution in [-0.4, -0.2) is 40.5 Å². The zero-order valence-corrected chi connectivity index (χ0v) is 20.1. The van der Waals surface area contributed by atoms with Crippen LogP contribution in [0.2, 0.25) is 0 Å². The van der Waals surface area contributed by atoms with Gasteiger partial charge in [-0.15, -0.1) is 0 Å². The Bertz CT molecular complexity index is 1340. The lowest BCUT2D eigenvalue weighted by molar-refractivity contribution is -0.135. The molecule has 3 heterocycles. The highest BCUT2D eigenvalue weighted by Gasteiger charge is 2.46. The van der Waals surface area contributed by atoms with Crippen molar-refractivity contribution in [3.05, 3.63) is 63.7 Å². The Labute approximate surface area is 204 Å². The molecule has 1 spiro atoms. The van der Waals surface area contributed by atoms with Crippen LogP contribution in [0.1, 0.15) is 68.4 Å². The number of fused-ring (bicyclic) bond motifs is 4. The monoisotopic (exact) mass is 473 g/mol. The smallest absolute Gasteiger partial charge is 0.258 e. The molecule has 0 saturated heterocycles. The molecule has 3 aliphatic rings. The summed E-state index contributed by atoms with van der Waals surface area (Å²) < 4.78 is 11.8. The van der Waals surface area contributed by atoms with Gasteiger partial charge in [0.15, 0.2) is 11.5 Å². The van der Waals surface area contributed by atoms with Crippen LogP contribution in [0.5, 0.6) is 11.5 Å². The quantitative estimate of drug-likeness (QED) is 0.606. The molecule has 1 atom stereocenters. The number of para-hydroxylation sites is 1. The van der Waals surface area contributed by atoms with Gasteiger partial charge >= 0.3 is 0 Å². The molecule has 1 fully saturated rings. The maximum atomic E-state index is 13.5. The number of ether oxygens (including phenoxy) is 2. The number of hydrogen-bond donors (Lipinski definition) is 1. The Morgan fingerprint density at radius 1 is 1.14 bits per heavy atom. The van der Waals surface area contributed by atoms with E-state index in [0.29, 0.717) is 49.2 Å².